The number of rotatable bonds is 10. The fourth-order valence-corrected chi connectivity index (χ4v) is 4.67. The highest BCUT2D eigenvalue weighted by atomic mass is 28.4. The molecule has 0 aromatic heterocycles. The third kappa shape index (κ3) is 6.62. The molecule has 0 spiro atoms. The van der Waals surface area contributed by atoms with E-state index in [2.05, 4.69) is 33.9 Å². The molecular formula is C24H40O6Si. The van der Waals surface area contributed by atoms with Gasteiger partial charge in [-0.2, -0.15) is 0 Å². The molecule has 0 N–H and O–H groups in total. The van der Waals surface area contributed by atoms with E-state index in [9.17, 15) is 4.79 Å². The van der Waals surface area contributed by atoms with Gasteiger partial charge in [-0.05, 0) is 56.6 Å². The Morgan fingerprint density at radius 2 is 1.81 bits per heavy atom. The van der Waals surface area contributed by atoms with Crippen molar-refractivity contribution in [2.45, 2.75) is 96.3 Å². The molecule has 0 saturated carbocycles. The molecule has 7 heteroatoms. The van der Waals surface area contributed by atoms with E-state index in [0.29, 0.717) is 13.0 Å². The van der Waals surface area contributed by atoms with E-state index in [1.54, 1.807) is 7.11 Å². The van der Waals surface area contributed by atoms with Crippen molar-refractivity contribution in [2.24, 2.45) is 0 Å². The van der Waals surface area contributed by atoms with E-state index in [-0.39, 0.29) is 17.7 Å². The number of carbonyl (C=O) groups excluding carboxylic acids is 1. The molecule has 1 aliphatic rings. The molecule has 3 atom stereocenters. The monoisotopic (exact) mass is 452 g/mol. The smallest absolute Gasteiger partial charge is 0.192 e. The number of benzene rings is 1. The summed E-state index contributed by atoms with van der Waals surface area (Å²) in [5.41, 5.74) is -0.0854. The Labute approximate surface area is 188 Å². The van der Waals surface area contributed by atoms with Crippen LogP contribution in [0.2, 0.25) is 18.1 Å². The van der Waals surface area contributed by atoms with Crippen LogP contribution in [0.5, 0.6) is 5.75 Å². The highest BCUT2D eigenvalue weighted by Crippen LogP contribution is 2.42. The second kappa shape index (κ2) is 9.71. The number of aldehydes is 1. The standard InChI is InChI=1S/C24H40O6Si/c1-18(27-15-19-10-12-20(26-7)13-11-19)14-21(29-31(8,9)22(2,3)4)24(16-25)17-28-23(5,6)30-24/h10-13,16,18,21H,14-15,17H2,1-9H3/t18-,21+,24-/m1/s1. The lowest BCUT2D eigenvalue weighted by Gasteiger charge is -2.43. The summed E-state index contributed by atoms with van der Waals surface area (Å²) in [6.07, 6.45) is 0.788. The van der Waals surface area contributed by atoms with Gasteiger partial charge in [0.05, 0.1) is 32.5 Å². The Bertz CT molecular complexity index is 725. The van der Waals surface area contributed by atoms with Crippen molar-refractivity contribution in [3.63, 3.8) is 0 Å². The van der Waals surface area contributed by atoms with Crippen molar-refractivity contribution in [3.8, 4) is 5.75 Å². The van der Waals surface area contributed by atoms with Gasteiger partial charge in [-0.3, -0.25) is 4.79 Å². The van der Waals surface area contributed by atoms with Gasteiger partial charge < -0.3 is 23.4 Å². The Balaban J connectivity index is 2.16. The van der Waals surface area contributed by atoms with Gasteiger partial charge >= 0.3 is 0 Å². The average molecular weight is 453 g/mol. The predicted octanol–water partition coefficient (Wildman–Crippen LogP) is 5.10. The average Bonchev–Trinajstić information content (AvgIpc) is 3.01. The van der Waals surface area contributed by atoms with Crippen LogP contribution in [0.15, 0.2) is 24.3 Å². The van der Waals surface area contributed by atoms with Crippen LogP contribution in [0.25, 0.3) is 0 Å². The van der Waals surface area contributed by atoms with Gasteiger partial charge in [-0.15, -0.1) is 0 Å². The topological polar surface area (TPSA) is 63.2 Å². The second-order valence-corrected chi connectivity index (χ2v) is 15.2. The zero-order valence-corrected chi connectivity index (χ0v) is 21.6. The van der Waals surface area contributed by atoms with Crippen LogP contribution in [-0.4, -0.2) is 51.9 Å². The lowest BCUT2D eigenvalue weighted by Crippen LogP contribution is -2.56. The lowest BCUT2D eigenvalue weighted by molar-refractivity contribution is -0.184. The fraction of sp³-hybridized carbons (Fsp3) is 0.708. The molecule has 31 heavy (non-hydrogen) atoms. The molecule has 2 rings (SSSR count). The molecule has 176 valence electrons. The quantitative estimate of drug-likeness (QED) is 0.363. The third-order valence-electron chi connectivity index (χ3n) is 6.31. The summed E-state index contributed by atoms with van der Waals surface area (Å²) < 4.78 is 30.0. The van der Waals surface area contributed by atoms with Crippen molar-refractivity contribution >= 4 is 14.6 Å². The zero-order valence-electron chi connectivity index (χ0n) is 20.6. The van der Waals surface area contributed by atoms with Crippen LogP contribution >= 0.6 is 0 Å². The summed E-state index contributed by atoms with van der Waals surface area (Å²) >= 11 is 0. The van der Waals surface area contributed by atoms with E-state index in [1.807, 2.05) is 45.0 Å². The summed E-state index contributed by atoms with van der Waals surface area (Å²) in [6.45, 7) is 17.2. The van der Waals surface area contributed by atoms with E-state index in [1.165, 1.54) is 0 Å². The van der Waals surface area contributed by atoms with Crippen molar-refractivity contribution in [3.05, 3.63) is 29.8 Å². The lowest BCUT2D eigenvalue weighted by atomic mass is 9.95. The maximum atomic E-state index is 12.3. The van der Waals surface area contributed by atoms with Crippen molar-refractivity contribution in [2.75, 3.05) is 13.7 Å². The number of carbonyl (C=O) groups is 1. The van der Waals surface area contributed by atoms with Crippen molar-refractivity contribution in [1.82, 2.24) is 0 Å². The van der Waals surface area contributed by atoms with Crippen LogP contribution in [-0.2, 0) is 30.0 Å². The highest BCUT2D eigenvalue weighted by Gasteiger charge is 2.54. The van der Waals surface area contributed by atoms with Gasteiger partial charge in [0.15, 0.2) is 26.0 Å². The summed E-state index contributed by atoms with van der Waals surface area (Å²) in [7, 11) is -0.525. The van der Waals surface area contributed by atoms with E-state index in [0.717, 1.165) is 17.6 Å². The minimum absolute atomic E-state index is 0.00249. The Morgan fingerprint density at radius 1 is 1.19 bits per heavy atom. The molecule has 0 unspecified atom stereocenters. The van der Waals surface area contributed by atoms with Gasteiger partial charge in [0, 0.05) is 6.42 Å². The first-order valence-electron chi connectivity index (χ1n) is 11.0. The molecule has 0 radical (unpaired) electrons. The number of methoxy groups -OCH3 is 1. The first-order valence-corrected chi connectivity index (χ1v) is 13.9. The molecule has 0 bridgehead atoms. The molecule has 1 fully saturated rings. The molecule has 1 aliphatic heterocycles. The van der Waals surface area contributed by atoms with Gasteiger partial charge in [-0.25, -0.2) is 0 Å². The second-order valence-electron chi connectivity index (χ2n) is 10.4. The van der Waals surface area contributed by atoms with Gasteiger partial charge in [0.25, 0.3) is 0 Å². The minimum atomic E-state index is -2.17. The predicted molar refractivity (Wildman–Crippen MR) is 124 cm³/mol. The number of ether oxygens (including phenoxy) is 4. The van der Waals surface area contributed by atoms with Gasteiger partial charge in [0.1, 0.15) is 5.75 Å². The SMILES string of the molecule is COc1ccc(CO[C@H](C)C[C@H](O[Si](C)(C)C(C)(C)C)[C@@]2(C=O)COC(C)(C)O2)cc1. The van der Waals surface area contributed by atoms with Crippen LogP contribution in [0.4, 0.5) is 0 Å². The van der Waals surface area contributed by atoms with Crippen molar-refractivity contribution in [1.29, 1.82) is 0 Å². The summed E-state index contributed by atoms with van der Waals surface area (Å²) in [5.74, 6) is -0.0167. The van der Waals surface area contributed by atoms with Crippen LogP contribution in [0.3, 0.4) is 0 Å². The maximum absolute atomic E-state index is 12.3. The molecule has 6 nitrogen and oxygen atoms in total. The Morgan fingerprint density at radius 3 is 2.26 bits per heavy atom. The molecule has 1 heterocycles. The third-order valence-corrected chi connectivity index (χ3v) is 10.8. The molecule has 1 aromatic rings. The molecular weight excluding hydrogens is 412 g/mol. The van der Waals surface area contributed by atoms with Gasteiger partial charge in [-0.1, -0.05) is 32.9 Å². The molecule has 0 amide bonds. The van der Waals surface area contributed by atoms with Crippen LogP contribution < -0.4 is 4.74 Å². The van der Waals surface area contributed by atoms with E-state index >= 15 is 0 Å². The molecule has 1 aromatic carbocycles. The van der Waals surface area contributed by atoms with Crippen LogP contribution in [0, 0.1) is 0 Å². The van der Waals surface area contributed by atoms with E-state index in [4.69, 9.17) is 23.4 Å². The largest absolute Gasteiger partial charge is 0.497 e. The highest BCUT2D eigenvalue weighted by molar-refractivity contribution is 6.74. The first-order chi connectivity index (χ1) is 14.2. The Kier molecular flexibility index (Phi) is 8.14. The first kappa shape index (κ1) is 26.0. The van der Waals surface area contributed by atoms with Crippen molar-refractivity contribution < 1.29 is 28.2 Å². The number of hydrogen-bond donors (Lipinski definition) is 0. The van der Waals surface area contributed by atoms with Gasteiger partial charge in [0.2, 0.25) is 0 Å². The summed E-state index contributed by atoms with van der Waals surface area (Å²) in [4.78, 5) is 12.3. The summed E-state index contributed by atoms with van der Waals surface area (Å²) in [5, 5.41) is -0.00249. The minimum Gasteiger partial charge on any atom is -0.497 e. The number of hydrogen-bond acceptors (Lipinski definition) is 6. The Hall–Kier alpha value is -1.25. The molecule has 1 saturated heterocycles. The molecule has 0 aliphatic carbocycles. The maximum Gasteiger partial charge on any atom is 0.192 e. The zero-order chi connectivity index (χ0) is 23.5. The van der Waals surface area contributed by atoms with E-state index < -0.39 is 25.8 Å². The normalized spacial score (nSPS) is 23.4. The summed E-state index contributed by atoms with van der Waals surface area (Å²) in [6, 6.07) is 7.80. The fourth-order valence-electron chi connectivity index (χ4n) is 3.31. The van der Waals surface area contributed by atoms with Crippen LogP contribution in [0.1, 0.15) is 53.5 Å².